The monoisotopic (exact) mass is 424 g/mol. The Labute approximate surface area is 159 Å². The molecule has 0 aliphatic heterocycles. The molecule has 0 radical (unpaired) electrons. The third-order valence-corrected chi connectivity index (χ3v) is 7.19. The van der Waals surface area contributed by atoms with Crippen molar-refractivity contribution in [1.82, 2.24) is 5.43 Å². The molecule has 2 aromatic heterocycles. The molecule has 1 aliphatic rings. The Morgan fingerprint density at radius 1 is 1.42 bits per heavy atom. The van der Waals surface area contributed by atoms with Crippen LogP contribution < -0.4 is 5.43 Å². The van der Waals surface area contributed by atoms with Crippen LogP contribution in [0.15, 0.2) is 26.4 Å². The highest BCUT2D eigenvalue weighted by atomic mass is 79.9. The number of hydrogen-bond acceptors (Lipinski definition) is 4. The lowest BCUT2D eigenvalue weighted by Gasteiger charge is -2.33. The summed E-state index contributed by atoms with van der Waals surface area (Å²) in [5.74, 6) is 0.587. The summed E-state index contributed by atoms with van der Waals surface area (Å²) in [6, 6.07) is 3.93. The molecule has 6 heteroatoms. The highest BCUT2D eigenvalue weighted by Gasteiger charge is 2.31. The summed E-state index contributed by atoms with van der Waals surface area (Å²) in [7, 11) is 0. The zero-order valence-corrected chi connectivity index (χ0v) is 17.3. The van der Waals surface area contributed by atoms with Gasteiger partial charge in [0.2, 0.25) is 0 Å². The maximum Gasteiger partial charge on any atom is 0.272 e. The van der Waals surface area contributed by atoms with E-state index in [0.717, 1.165) is 33.5 Å². The number of rotatable bonds is 3. The predicted octanol–water partition coefficient (Wildman–Crippen LogP) is 5.49. The van der Waals surface area contributed by atoms with Crippen LogP contribution in [-0.4, -0.2) is 12.1 Å². The van der Waals surface area contributed by atoms with Gasteiger partial charge in [-0.3, -0.25) is 4.79 Å². The van der Waals surface area contributed by atoms with Crippen molar-refractivity contribution >= 4 is 50.7 Å². The molecule has 0 unspecified atom stereocenters. The number of amides is 1. The Morgan fingerprint density at radius 2 is 2.21 bits per heavy atom. The first-order valence-electron chi connectivity index (χ1n) is 8.02. The highest BCUT2D eigenvalue weighted by Crippen LogP contribution is 2.40. The minimum Gasteiger partial charge on any atom is -0.267 e. The molecule has 1 N–H and O–H groups in total. The van der Waals surface area contributed by atoms with Gasteiger partial charge in [0.05, 0.1) is 15.6 Å². The number of fused-ring (bicyclic) bond motifs is 1. The second kappa shape index (κ2) is 7.10. The van der Waals surface area contributed by atoms with Gasteiger partial charge in [-0.05, 0) is 64.2 Å². The van der Waals surface area contributed by atoms with Crippen molar-refractivity contribution in [2.24, 2.45) is 16.4 Å². The number of halogens is 1. The summed E-state index contributed by atoms with van der Waals surface area (Å²) in [4.78, 5) is 14.8. The van der Waals surface area contributed by atoms with Crippen molar-refractivity contribution in [2.75, 3.05) is 0 Å². The number of nitrogens with zero attached hydrogens (tertiary/aromatic N) is 1. The van der Waals surface area contributed by atoms with Crippen LogP contribution in [0.3, 0.4) is 0 Å². The van der Waals surface area contributed by atoms with E-state index in [1.807, 2.05) is 17.5 Å². The Kier molecular flexibility index (Phi) is 5.27. The Bertz CT molecular complexity index is 770. The van der Waals surface area contributed by atoms with E-state index < -0.39 is 0 Å². The van der Waals surface area contributed by atoms with E-state index in [2.05, 4.69) is 47.2 Å². The Morgan fingerprint density at radius 3 is 2.88 bits per heavy atom. The molecule has 0 fully saturated rings. The minimum absolute atomic E-state index is 0.103. The molecule has 0 aromatic carbocycles. The quantitative estimate of drug-likeness (QED) is 0.513. The molecule has 3 rings (SSSR count). The first kappa shape index (κ1) is 17.8. The standard InChI is InChI=1S/C18H21BrN2OS2/c1-18(2,3)11-4-6-13-14(10-23-15(13)8-11)17(22)21-20-9-12-5-7-16(19)24-12/h5,7,9-11H,4,6,8H2,1-3H3,(H,21,22)/b20-9+/t11-/m0/s1. The summed E-state index contributed by atoms with van der Waals surface area (Å²) in [6.45, 7) is 6.92. The summed E-state index contributed by atoms with van der Waals surface area (Å²) in [6.07, 6.45) is 4.91. The van der Waals surface area contributed by atoms with Crippen LogP contribution in [0, 0.1) is 11.3 Å². The van der Waals surface area contributed by atoms with Crippen LogP contribution in [-0.2, 0) is 12.8 Å². The number of carbonyl (C=O) groups is 1. The van der Waals surface area contributed by atoms with Gasteiger partial charge in [0.15, 0.2) is 0 Å². The molecule has 0 bridgehead atoms. The third-order valence-electron chi connectivity index (χ3n) is 4.58. The smallest absolute Gasteiger partial charge is 0.267 e. The van der Waals surface area contributed by atoms with E-state index in [1.54, 1.807) is 28.9 Å². The minimum atomic E-state index is -0.103. The van der Waals surface area contributed by atoms with Gasteiger partial charge in [0.25, 0.3) is 5.91 Å². The number of thiophene rings is 2. The van der Waals surface area contributed by atoms with Gasteiger partial charge in [-0.25, -0.2) is 5.43 Å². The van der Waals surface area contributed by atoms with Crippen molar-refractivity contribution in [1.29, 1.82) is 0 Å². The van der Waals surface area contributed by atoms with Crippen LogP contribution in [0.1, 0.15) is 52.9 Å². The van der Waals surface area contributed by atoms with Gasteiger partial charge in [-0.1, -0.05) is 20.8 Å². The van der Waals surface area contributed by atoms with Crippen molar-refractivity contribution in [2.45, 2.75) is 40.0 Å². The maximum absolute atomic E-state index is 12.4. The fourth-order valence-electron chi connectivity index (χ4n) is 3.05. The molecule has 3 nitrogen and oxygen atoms in total. The fraction of sp³-hybridized carbons (Fsp3) is 0.444. The molecule has 2 aromatic rings. The van der Waals surface area contributed by atoms with Crippen molar-refractivity contribution in [3.05, 3.63) is 42.2 Å². The van der Waals surface area contributed by atoms with Gasteiger partial charge < -0.3 is 0 Å². The molecule has 1 amide bonds. The Hall–Kier alpha value is -0.980. The normalized spacial score (nSPS) is 17.9. The van der Waals surface area contributed by atoms with Gasteiger partial charge in [-0.2, -0.15) is 5.10 Å². The zero-order valence-electron chi connectivity index (χ0n) is 14.1. The van der Waals surface area contributed by atoms with Crippen molar-refractivity contribution in [3.63, 3.8) is 0 Å². The molecule has 1 aliphatic carbocycles. The first-order valence-corrected chi connectivity index (χ1v) is 10.5. The van der Waals surface area contributed by atoms with E-state index in [4.69, 9.17) is 0 Å². The van der Waals surface area contributed by atoms with Crippen LogP contribution in [0.25, 0.3) is 0 Å². The molecule has 0 saturated heterocycles. The fourth-order valence-corrected chi connectivity index (χ4v) is 5.51. The lowest BCUT2D eigenvalue weighted by molar-refractivity contribution is 0.0954. The third kappa shape index (κ3) is 3.98. The van der Waals surface area contributed by atoms with Gasteiger partial charge >= 0.3 is 0 Å². The average molecular weight is 425 g/mol. The number of hydrazone groups is 1. The molecule has 1 atom stereocenters. The first-order chi connectivity index (χ1) is 11.3. The number of hydrogen-bond donors (Lipinski definition) is 1. The van der Waals surface area contributed by atoms with Crippen molar-refractivity contribution in [3.8, 4) is 0 Å². The summed E-state index contributed by atoms with van der Waals surface area (Å²) < 4.78 is 1.05. The molecule has 2 heterocycles. The summed E-state index contributed by atoms with van der Waals surface area (Å²) in [5.41, 5.74) is 5.01. The second-order valence-electron chi connectivity index (χ2n) is 7.20. The molecule has 128 valence electrons. The average Bonchev–Trinajstić information content (AvgIpc) is 3.11. The van der Waals surface area contributed by atoms with E-state index in [1.165, 1.54) is 10.4 Å². The van der Waals surface area contributed by atoms with E-state index in [-0.39, 0.29) is 5.91 Å². The van der Waals surface area contributed by atoms with Crippen molar-refractivity contribution < 1.29 is 4.79 Å². The zero-order chi connectivity index (χ0) is 17.3. The maximum atomic E-state index is 12.4. The summed E-state index contributed by atoms with van der Waals surface area (Å²) >= 11 is 6.71. The molecule has 0 saturated carbocycles. The molecular weight excluding hydrogens is 404 g/mol. The van der Waals surface area contributed by atoms with Crippen LogP contribution >= 0.6 is 38.6 Å². The topological polar surface area (TPSA) is 41.5 Å². The van der Waals surface area contributed by atoms with E-state index in [0.29, 0.717) is 11.3 Å². The molecule has 0 spiro atoms. The van der Waals surface area contributed by atoms with Crippen LogP contribution in [0.5, 0.6) is 0 Å². The lowest BCUT2D eigenvalue weighted by atomic mass is 9.72. The van der Waals surface area contributed by atoms with Crippen LogP contribution in [0.4, 0.5) is 0 Å². The van der Waals surface area contributed by atoms with Crippen LogP contribution in [0.2, 0.25) is 0 Å². The SMILES string of the molecule is CC(C)(C)[C@H]1CCc2c(C(=O)N/N=C/c3ccc(Br)s3)csc2C1. The number of carbonyl (C=O) groups excluding carboxylic acids is 1. The Balaban J connectivity index is 1.67. The number of nitrogens with one attached hydrogen (secondary N) is 1. The predicted molar refractivity (Wildman–Crippen MR) is 106 cm³/mol. The summed E-state index contributed by atoms with van der Waals surface area (Å²) in [5, 5.41) is 6.07. The lowest BCUT2D eigenvalue weighted by Crippen LogP contribution is -2.27. The largest absolute Gasteiger partial charge is 0.272 e. The molecule has 24 heavy (non-hydrogen) atoms. The van der Waals surface area contributed by atoms with E-state index >= 15 is 0 Å². The van der Waals surface area contributed by atoms with Gasteiger partial charge in [-0.15, -0.1) is 22.7 Å². The van der Waals surface area contributed by atoms with Gasteiger partial charge in [0.1, 0.15) is 0 Å². The van der Waals surface area contributed by atoms with Gasteiger partial charge in [0, 0.05) is 15.1 Å². The highest BCUT2D eigenvalue weighted by molar-refractivity contribution is 9.11. The second-order valence-corrected chi connectivity index (χ2v) is 10.7. The van der Waals surface area contributed by atoms with E-state index in [9.17, 15) is 4.79 Å². The molecular formula is C18H21BrN2OS2.